The van der Waals surface area contributed by atoms with Crippen molar-refractivity contribution in [3.63, 3.8) is 0 Å². The van der Waals surface area contributed by atoms with E-state index in [1.165, 1.54) is 11.9 Å². The number of halogens is 1. The lowest BCUT2D eigenvalue weighted by molar-refractivity contribution is 0.464. The molecule has 0 aromatic heterocycles. The molecule has 0 spiro atoms. The SMILES string of the molecule is CN(C)Sc1c(Cl)ccc(Nc2c(NCc3ccccc3)c(=O)c2=O)c1O. The predicted molar refractivity (Wildman–Crippen MR) is 111 cm³/mol. The Balaban J connectivity index is 1.84. The van der Waals surface area contributed by atoms with Crippen molar-refractivity contribution >= 4 is 40.6 Å². The third-order valence-electron chi connectivity index (χ3n) is 3.84. The van der Waals surface area contributed by atoms with E-state index in [9.17, 15) is 14.7 Å². The number of nitrogens with one attached hydrogen (secondary N) is 2. The smallest absolute Gasteiger partial charge is 0.253 e. The molecule has 0 aliphatic carbocycles. The third-order valence-corrected chi connectivity index (χ3v) is 5.23. The number of rotatable bonds is 7. The molecule has 0 radical (unpaired) electrons. The van der Waals surface area contributed by atoms with Crippen LogP contribution in [-0.4, -0.2) is 23.5 Å². The van der Waals surface area contributed by atoms with Crippen molar-refractivity contribution in [1.29, 1.82) is 0 Å². The van der Waals surface area contributed by atoms with Crippen LogP contribution in [0.1, 0.15) is 5.56 Å². The highest BCUT2D eigenvalue weighted by atomic mass is 35.5. The minimum atomic E-state index is -0.623. The van der Waals surface area contributed by atoms with Gasteiger partial charge in [-0.1, -0.05) is 41.9 Å². The van der Waals surface area contributed by atoms with Crippen LogP contribution < -0.4 is 21.5 Å². The number of aromatic hydroxyl groups is 1. The van der Waals surface area contributed by atoms with Gasteiger partial charge in [0.25, 0.3) is 10.9 Å². The third kappa shape index (κ3) is 4.10. The molecule has 27 heavy (non-hydrogen) atoms. The van der Waals surface area contributed by atoms with Crippen LogP contribution in [0.5, 0.6) is 5.75 Å². The van der Waals surface area contributed by atoms with Gasteiger partial charge in [0.2, 0.25) is 0 Å². The van der Waals surface area contributed by atoms with Crippen molar-refractivity contribution in [2.24, 2.45) is 0 Å². The first-order chi connectivity index (χ1) is 12.9. The lowest BCUT2D eigenvalue weighted by atomic mass is 10.1. The Morgan fingerprint density at radius 2 is 1.70 bits per heavy atom. The van der Waals surface area contributed by atoms with Gasteiger partial charge in [0.15, 0.2) is 5.75 Å². The number of benzene rings is 2. The average molecular weight is 404 g/mol. The highest BCUT2D eigenvalue weighted by Gasteiger charge is 2.23. The molecule has 140 valence electrons. The Kier molecular flexibility index (Phi) is 5.74. The molecule has 0 aliphatic heterocycles. The topological polar surface area (TPSA) is 81.7 Å². The summed E-state index contributed by atoms with van der Waals surface area (Å²) in [6.45, 7) is 0.411. The first-order valence-corrected chi connectivity index (χ1v) is 9.28. The molecule has 3 aromatic rings. The van der Waals surface area contributed by atoms with E-state index in [2.05, 4.69) is 10.6 Å². The van der Waals surface area contributed by atoms with Crippen molar-refractivity contribution < 1.29 is 5.11 Å². The van der Waals surface area contributed by atoms with Crippen LogP contribution in [0.15, 0.2) is 56.9 Å². The van der Waals surface area contributed by atoms with Crippen LogP contribution in [0.4, 0.5) is 17.1 Å². The number of hydrogen-bond acceptors (Lipinski definition) is 7. The predicted octanol–water partition coefficient (Wildman–Crippen LogP) is 3.57. The van der Waals surface area contributed by atoms with E-state index in [-0.39, 0.29) is 17.1 Å². The normalized spacial score (nSPS) is 11.1. The fourth-order valence-electron chi connectivity index (χ4n) is 2.52. The molecule has 3 aromatic carbocycles. The number of anilines is 3. The van der Waals surface area contributed by atoms with Gasteiger partial charge in [0, 0.05) is 6.54 Å². The van der Waals surface area contributed by atoms with Gasteiger partial charge < -0.3 is 15.7 Å². The summed E-state index contributed by atoms with van der Waals surface area (Å²) in [5.41, 5.74) is 0.426. The van der Waals surface area contributed by atoms with E-state index < -0.39 is 10.9 Å². The Labute approximate surface area is 165 Å². The average Bonchev–Trinajstić information content (AvgIpc) is 2.66. The maximum absolute atomic E-state index is 12.0. The molecule has 0 saturated carbocycles. The first kappa shape index (κ1) is 19.3. The van der Waals surface area contributed by atoms with Crippen molar-refractivity contribution in [3.05, 3.63) is 73.5 Å². The summed E-state index contributed by atoms with van der Waals surface area (Å²) in [6, 6.07) is 12.7. The van der Waals surface area contributed by atoms with Gasteiger partial charge in [0.05, 0.1) is 15.6 Å². The minimum Gasteiger partial charge on any atom is -0.505 e. The van der Waals surface area contributed by atoms with E-state index in [0.29, 0.717) is 22.2 Å². The van der Waals surface area contributed by atoms with Crippen LogP contribution in [0.3, 0.4) is 0 Å². The zero-order chi connectivity index (χ0) is 19.6. The van der Waals surface area contributed by atoms with Crippen LogP contribution in [0.2, 0.25) is 5.02 Å². The summed E-state index contributed by atoms with van der Waals surface area (Å²) >= 11 is 7.40. The molecule has 0 heterocycles. The van der Waals surface area contributed by atoms with Gasteiger partial charge in [-0.05, 0) is 43.7 Å². The molecule has 0 amide bonds. The summed E-state index contributed by atoms with van der Waals surface area (Å²) in [7, 11) is 3.64. The summed E-state index contributed by atoms with van der Waals surface area (Å²) in [4.78, 5) is 24.4. The molecule has 3 rings (SSSR count). The molecule has 0 unspecified atom stereocenters. The minimum absolute atomic E-state index is 0.0803. The summed E-state index contributed by atoms with van der Waals surface area (Å²) in [5.74, 6) is -0.0803. The fourth-order valence-corrected chi connectivity index (χ4v) is 3.49. The standard InChI is InChI=1S/C19H18ClN3O3S/c1-23(2)27-19-12(20)8-9-13(16(19)24)22-15-14(17(25)18(15)26)21-10-11-6-4-3-5-7-11/h3-9,21-22,24H,10H2,1-2H3. The molecule has 0 bridgehead atoms. The number of hydrogen-bond donors (Lipinski definition) is 3. The molecular formula is C19H18ClN3O3S. The lowest BCUT2D eigenvalue weighted by Gasteiger charge is -2.18. The van der Waals surface area contributed by atoms with Crippen molar-refractivity contribution in [2.75, 3.05) is 24.7 Å². The Morgan fingerprint density at radius 3 is 2.37 bits per heavy atom. The van der Waals surface area contributed by atoms with Gasteiger partial charge in [-0.25, -0.2) is 0 Å². The van der Waals surface area contributed by atoms with E-state index in [1.807, 2.05) is 44.4 Å². The van der Waals surface area contributed by atoms with E-state index >= 15 is 0 Å². The molecule has 6 nitrogen and oxygen atoms in total. The van der Waals surface area contributed by atoms with Crippen molar-refractivity contribution in [2.45, 2.75) is 11.4 Å². The molecule has 0 atom stereocenters. The van der Waals surface area contributed by atoms with E-state index in [1.54, 1.807) is 16.4 Å². The van der Waals surface area contributed by atoms with Crippen LogP contribution >= 0.6 is 23.5 Å². The lowest BCUT2D eigenvalue weighted by Crippen LogP contribution is -2.36. The molecule has 0 saturated heterocycles. The van der Waals surface area contributed by atoms with E-state index in [0.717, 1.165) is 5.56 Å². The van der Waals surface area contributed by atoms with Crippen molar-refractivity contribution in [1.82, 2.24) is 4.31 Å². The Hall–Kier alpha value is -2.48. The van der Waals surface area contributed by atoms with Gasteiger partial charge in [-0.2, -0.15) is 0 Å². The second kappa shape index (κ2) is 8.04. The van der Waals surface area contributed by atoms with E-state index in [4.69, 9.17) is 11.6 Å². The molecule has 8 heteroatoms. The second-order valence-electron chi connectivity index (χ2n) is 6.05. The zero-order valence-electron chi connectivity index (χ0n) is 14.7. The van der Waals surface area contributed by atoms with Gasteiger partial charge in [0.1, 0.15) is 11.4 Å². The van der Waals surface area contributed by atoms with Crippen molar-refractivity contribution in [3.8, 4) is 5.75 Å². The van der Waals surface area contributed by atoms with Crippen LogP contribution in [-0.2, 0) is 6.54 Å². The summed E-state index contributed by atoms with van der Waals surface area (Å²) < 4.78 is 1.79. The highest BCUT2D eigenvalue weighted by molar-refractivity contribution is 7.97. The Bertz CT molecular complexity index is 1030. The number of nitrogens with zero attached hydrogens (tertiary/aromatic N) is 1. The van der Waals surface area contributed by atoms with Gasteiger partial charge >= 0.3 is 0 Å². The molecule has 0 aliphatic rings. The Morgan fingerprint density at radius 1 is 1.04 bits per heavy atom. The summed E-state index contributed by atoms with van der Waals surface area (Å²) in [5, 5.41) is 16.7. The monoisotopic (exact) mass is 403 g/mol. The van der Waals surface area contributed by atoms with Gasteiger partial charge in [-0.15, -0.1) is 0 Å². The maximum Gasteiger partial charge on any atom is 0.253 e. The number of phenolic OH excluding ortho intramolecular Hbond substituents is 1. The summed E-state index contributed by atoms with van der Waals surface area (Å²) in [6.07, 6.45) is 0. The largest absolute Gasteiger partial charge is 0.505 e. The van der Waals surface area contributed by atoms with Gasteiger partial charge in [-0.3, -0.25) is 13.9 Å². The molecule has 0 fully saturated rings. The zero-order valence-corrected chi connectivity index (χ0v) is 16.3. The molecule has 3 N–H and O–H groups in total. The second-order valence-corrected chi connectivity index (χ2v) is 7.78. The number of phenols is 1. The molecular weight excluding hydrogens is 386 g/mol. The van der Waals surface area contributed by atoms with Crippen LogP contribution in [0, 0.1) is 0 Å². The van der Waals surface area contributed by atoms with Crippen LogP contribution in [0.25, 0.3) is 0 Å². The quantitative estimate of drug-likeness (QED) is 0.316. The fraction of sp³-hybridized carbons (Fsp3) is 0.158. The maximum atomic E-state index is 12.0. The first-order valence-electron chi connectivity index (χ1n) is 8.13. The highest BCUT2D eigenvalue weighted by Crippen LogP contribution is 2.42.